The van der Waals surface area contributed by atoms with Gasteiger partial charge in [0, 0.05) is 23.8 Å². The number of fused-ring (bicyclic) bond motifs is 3. The number of ether oxygens (including phenoxy) is 1. The molecule has 0 saturated carbocycles. The van der Waals surface area contributed by atoms with Crippen LogP contribution in [0.1, 0.15) is 47.2 Å². The Hall–Kier alpha value is -1.80. The van der Waals surface area contributed by atoms with Gasteiger partial charge in [0.15, 0.2) is 0 Å². The molecule has 2 aromatic rings. The molecule has 4 rings (SSSR count). The lowest BCUT2D eigenvalue weighted by molar-refractivity contribution is -0.0382. The topological polar surface area (TPSA) is 21.3 Å². The second kappa shape index (κ2) is 5.44. The van der Waals surface area contributed by atoms with E-state index in [9.17, 15) is 0 Å². The molecule has 0 spiro atoms. The lowest BCUT2D eigenvalue weighted by Gasteiger charge is -2.44. The van der Waals surface area contributed by atoms with Crippen LogP contribution in [-0.4, -0.2) is 6.61 Å². The minimum absolute atomic E-state index is 0.230. The quantitative estimate of drug-likeness (QED) is 0.804. The maximum absolute atomic E-state index is 6.23. The summed E-state index contributed by atoms with van der Waals surface area (Å²) in [6, 6.07) is 15.7. The van der Waals surface area contributed by atoms with Gasteiger partial charge in [0.05, 0.1) is 12.1 Å². The average Bonchev–Trinajstić information content (AvgIpc) is 2.55. The summed E-state index contributed by atoms with van der Waals surface area (Å²) < 4.78 is 6.23. The highest BCUT2D eigenvalue weighted by atomic mass is 16.5. The van der Waals surface area contributed by atoms with Gasteiger partial charge in [-0.25, -0.2) is 0 Å². The van der Waals surface area contributed by atoms with Crippen LogP contribution in [0, 0.1) is 19.8 Å². The number of benzene rings is 2. The number of hydrogen-bond acceptors (Lipinski definition) is 2. The first-order valence-corrected chi connectivity index (χ1v) is 8.28. The van der Waals surface area contributed by atoms with Gasteiger partial charge in [-0.15, -0.1) is 0 Å². The third kappa shape index (κ3) is 2.22. The third-order valence-corrected chi connectivity index (χ3v) is 5.07. The van der Waals surface area contributed by atoms with E-state index >= 15 is 0 Å². The van der Waals surface area contributed by atoms with Crippen LogP contribution in [0.25, 0.3) is 0 Å². The molecule has 0 aliphatic carbocycles. The Labute approximate surface area is 132 Å². The molecule has 1 N–H and O–H groups in total. The molecular formula is C20H23NO. The fraction of sp³-hybridized carbons (Fsp3) is 0.400. The van der Waals surface area contributed by atoms with E-state index in [0.29, 0.717) is 12.0 Å². The summed E-state index contributed by atoms with van der Waals surface area (Å²) in [6.07, 6.45) is 2.62. The monoisotopic (exact) mass is 293 g/mol. The molecule has 1 saturated heterocycles. The Morgan fingerprint density at radius 2 is 1.91 bits per heavy atom. The lowest BCUT2D eigenvalue weighted by atomic mass is 9.76. The van der Waals surface area contributed by atoms with E-state index < -0.39 is 0 Å². The maximum atomic E-state index is 6.23. The van der Waals surface area contributed by atoms with E-state index in [1.807, 2.05) is 0 Å². The number of nitrogens with one attached hydrogen (secondary N) is 1. The molecule has 0 amide bonds. The molecule has 2 nitrogen and oxygen atoms in total. The van der Waals surface area contributed by atoms with E-state index in [2.05, 4.69) is 61.6 Å². The number of anilines is 1. The molecular weight excluding hydrogens is 270 g/mol. The summed E-state index contributed by atoms with van der Waals surface area (Å²) in [5, 5.41) is 3.83. The van der Waals surface area contributed by atoms with Gasteiger partial charge < -0.3 is 10.1 Å². The standard InChI is InChI=1S/C20H23NO/c1-13-11-14(2)18-17(12-13)20-16(9-6-10-22-20)19(21-18)15-7-4-3-5-8-15/h3-5,7-8,11-12,16,19-21H,6,9-10H2,1-2H3/t16-,19+,20-/m0/s1. The first kappa shape index (κ1) is 13.8. The van der Waals surface area contributed by atoms with Crippen molar-refractivity contribution in [3.05, 3.63) is 64.7 Å². The second-order valence-corrected chi connectivity index (χ2v) is 6.68. The van der Waals surface area contributed by atoms with Crippen LogP contribution >= 0.6 is 0 Å². The number of hydrogen-bond donors (Lipinski definition) is 1. The summed E-state index contributed by atoms with van der Waals surface area (Å²) in [5.41, 5.74) is 6.65. The average molecular weight is 293 g/mol. The number of aryl methyl sites for hydroxylation is 2. The lowest BCUT2D eigenvalue weighted by Crippen LogP contribution is -2.36. The Balaban J connectivity index is 1.83. The van der Waals surface area contributed by atoms with Gasteiger partial charge in [0.2, 0.25) is 0 Å². The summed E-state index contributed by atoms with van der Waals surface area (Å²) in [4.78, 5) is 0. The highest BCUT2D eigenvalue weighted by molar-refractivity contribution is 5.63. The van der Waals surface area contributed by atoms with Gasteiger partial charge in [-0.2, -0.15) is 0 Å². The van der Waals surface area contributed by atoms with Crippen molar-refractivity contribution in [3.8, 4) is 0 Å². The molecule has 3 atom stereocenters. The van der Waals surface area contributed by atoms with E-state index in [1.165, 1.54) is 34.4 Å². The van der Waals surface area contributed by atoms with E-state index in [4.69, 9.17) is 4.74 Å². The van der Waals surface area contributed by atoms with Crippen molar-refractivity contribution >= 4 is 5.69 Å². The Kier molecular flexibility index (Phi) is 3.42. The van der Waals surface area contributed by atoms with Crippen molar-refractivity contribution in [2.24, 2.45) is 5.92 Å². The smallest absolute Gasteiger partial charge is 0.0896 e. The Morgan fingerprint density at radius 3 is 2.73 bits per heavy atom. The summed E-state index contributed by atoms with van der Waals surface area (Å²) in [6.45, 7) is 5.26. The van der Waals surface area contributed by atoms with Crippen LogP contribution in [0.4, 0.5) is 5.69 Å². The Morgan fingerprint density at radius 1 is 1.09 bits per heavy atom. The SMILES string of the molecule is Cc1cc(C)c2c(c1)[C@H]1OCCC[C@H]1[C@@H](c1ccccc1)N2. The van der Waals surface area contributed by atoms with Gasteiger partial charge in [-0.3, -0.25) is 0 Å². The predicted molar refractivity (Wildman–Crippen MR) is 90.1 cm³/mol. The molecule has 2 aliphatic heterocycles. The van der Waals surface area contributed by atoms with Crippen LogP contribution in [0.2, 0.25) is 0 Å². The second-order valence-electron chi connectivity index (χ2n) is 6.68. The first-order valence-electron chi connectivity index (χ1n) is 8.28. The molecule has 0 aromatic heterocycles. The van der Waals surface area contributed by atoms with Crippen LogP contribution in [0.15, 0.2) is 42.5 Å². The zero-order valence-electron chi connectivity index (χ0n) is 13.3. The largest absolute Gasteiger partial charge is 0.377 e. The minimum Gasteiger partial charge on any atom is -0.377 e. The van der Waals surface area contributed by atoms with Crippen molar-refractivity contribution in [1.82, 2.24) is 0 Å². The van der Waals surface area contributed by atoms with Gasteiger partial charge in [0.25, 0.3) is 0 Å². The molecule has 0 unspecified atom stereocenters. The highest BCUT2D eigenvalue weighted by Gasteiger charge is 2.40. The normalized spacial score (nSPS) is 26.7. The van der Waals surface area contributed by atoms with Crippen LogP contribution in [-0.2, 0) is 4.74 Å². The van der Waals surface area contributed by atoms with Crippen LogP contribution in [0.5, 0.6) is 0 Å². The molecule has 1 fully saturated rings. The highest BCUT2D eigenvalue weighted by Crippen LogP contribution is 2.50. The molecule has 2 heterocycles. The van der Waals surface area contributed by atoms with Crippen LogP contribution in [0.3, 0.4) is 0 Å². The van der Waals surface area contributed by atoms with E-state index in [0.717, 1.165) is 13.0 Å². The summed E-state index contributed by atoms with van der Waals surface area (Å²) in [5.74, 6) is 0.518. The molecule has 22 heavy (non-hydrogen) atoms. The van der Waals surface area contributed by atoms with Crippen molar-refractivity contribution < 1.29 is 4.74 Å². The molecule has 0 radical (unpaired) electrons. The van der Waals surface area contributed by atoms with E-state index in [1.54, 1.807) is 0 Å². The van der Waals surface area contributed by atoms with Crippen LogP contribution < -0.4 is 5.32 Å². The maximum Gasteiger partial charge on any atom is 0.0896 e. The zero-order valence-corrected chi connectivity index (χ0v) is 13.3. The van der Waals surface area contributed by atoms with Crippen molar-refractivity contribution in [2.45, 2.75) is 38.8 Å². The van der Waals surface area contributed by atoms with Crippen molar-refractivity contribution in [2.75, 3.05) is 11.9 Å². The Bertz CT molecular complexity index is 680. The van der Waals surface area contributed by atoms with Crippen molar-refractivity contribution in [3.63, 3.8) is 0 Å². The fourth-order valence-electron chi connectivity index (χ4n) is 4.14. The van der Waals surface area contributed by atoms with Gasteiger partial charge in [-0.1, -0.05) is 48.0 Å². The first-order chi connectivity index (χ1) is 10.7. The molecule has 2 aromatic carbocycles. The molecule has 2 aliphatic rings. The predicted octanol–water partition coefficient (Wildman–Crippen LogP) is 4.94. The minimum atomic E-state index is 0.230. The van der Waals surface area contributed by atoms with Crippen molar-refractivity contribution in [1.29, 1.82) is 0 Å². The molecule has 0 bridgehead atoms. The number of rotatable bonds is 1. The fourth-order valence-corrected chi connectivity index (χ4v) is 4.14. The van der Waals surface area contributed by atoms with E-state index in [-0.39, 0.29) is 6.10 Å². The third-order valence-electron chi connectivity index (χ3n) is 5.07. The summed E-state index contributed by atoms with van der Waals surface area (Å²) >= 11 is 0. The molecule has 2 heteroatoms. The van der Waals surface area contributed by atoms with Gasteiger partial charge >= 0.3 is 0 Å². The molecule has 114 valence electrons. The van der Waals surface area contributed by atoms with Gasteiger partial charge in [-0.05, 0) is 37.8 Å². The summed E-state index contributed by atoms with van der Waals surface area (Å²) in [7, 11) is 0. The van der Waals surface area contributed by atoms with Gasteiger partial charge in [0.1, 0.15) is 0 Å². The zero-order chi connectivity index (χ0) is 15.1.